The van der Waals surface area contributed by atoms with Crippen LogP contribution in [-0.4, -0.2) is 18.1 Å². The molecule has 2 atom stereocenters. The lowest BCUT2D eigenvalue weighted by molar-refractivity contribution is -0.123. The van der Waals surface area contributed by atoms with Gasteiger partial charge in [-0.3, -0.25) is 4.79 Å². The molecule has 0 radical (unpaired) electrons. The van der Waals surface area contributed by atoms with Gasteiger partial charge in [-0.05, 0) is 37.5 Å². The first kappa shape index (κ1) is 11.9. The molecule has 92 valence electrons. The number of benzene rings is 1. The smallest absolute Gasteiger partial charge is 0.265 e. The van der Waals surface area contributed by atoms with Crippen LogP contribution < -0.4 is 15.8 Å². The van der Waals surface area contributed by atoms with E-state index in [1.54, 1.807) is 0 Å². The average molecular weight is 234 g/mol. The van der Waals surface area contributed by atoms with E-state index < -0.39 is 0 Å². The maximum absolute atomic E-state index is 11.7. The first-order valence-corrected chi connectivity index (χ1v) is 5.96. The summed E-state index contributed by atoms with van der Waals surface area (Å²) < 4.78 is 5.61. The molecule has 0 fully saturated rings. The second kappa shape index (κ2) is 4.75. The van der Waals surface area contributed by atoms with Gasteiger partial charge in [-0.1, -0.05) is 13.0 Å². The van der Waals surface area contributed by atoms with Gasteiger partial charge in [0.1, 0.15) is 5.75 Å². The van der Waals surface area contributed by atoms with Crippen molar-refractivity contribution in [3.8, 4) is 5.75 Å². The number of carbonyl (C=O) groups is 1. The molecule has 4 nitrogen and oxygen atoms in total. The highest BCUT2D eigenvalue weighted by molar-refractivity contribution is 5.97. The van der Waals surface area contributed by atoms with Crippen molar-refractivity contribution in [3.63, 3.8) is 0 Å². The quantitative estimate of drug-likeness (QED) is 0.836. The van der Waals surface area contributed by atoms with E-state index in [0.717, 1.165) is 23.4 Å². The Kier molecular flexibility index (Phi) is 3.33. The first-order chi connectivity index (χ1) is 8.10. The molecule has 1 amide bonds. The lowest BCUT2D eigenvalue weighted by atomic mass is 10.1. The van der Waals surface area contributed by atoms with Crippen LogP contribution in [0.5, 0.6) is 5.75 Å². The molecule has 1 aromatic carbocycles. The van der Waals surface area contributed by atoms with Crippen LogP contribution in [0.4, 0.5) is 5.69 Å². The van der Waals surface area contributed by atoms with Gasteiger partial charge in [0.15, 0.2) is 6.10 Å². The highest BCUT2D eigenvalue weighted by Crippen LogP contribution is 2.31. The molecule has 0 spiro atoms. The van der Waals surface area contributed by atoms with E-state index in [-0.39, 0.29) is 18.1 Å². The Bertz CT molecular complexity index is 429. The van der Waals surface area contributed by atoms with Gasteiger partial charge in [0.2, 0.25) is 0 Å². The number of fused-ring (bicyclic) bond motifs is 1. The Morgan fingerprint density at radius 2 is 2.29 bits per heavy atom. The van der Waals surface area contributed by atoms with E-state index in [2.05, 4.69) is 5.32 Å². The lowest BCUT2D eigenvalue weighted by Crippen LogP contribution is -2.36. The SMILES string of the molecule is CCC1Oc2ccc(CC(C)N)cc2NC1=O. The van der Waals surface area contributed by atoms with Gasteiger partial charge in [-0.15, -0.1) is 0 Å². The summed E-state index contributed by atoms with van der Waals surface area (Å²) >= 11 is 0. The molecule has 1 aliphatic rings. The van der Waals surface area contributed by atoms with Crippen molar-refractivity contribution >= 4 is 11.6 Å². The predicted octanol–water partition coefficient (Wildman–Crippen LogP) is 1.69. The van der Waals surface area contributed by atoms with Gasteiger partial charge in [0.05, 0.1) is 5.69 Å². The number of hydrogen-bond acceptors (Lipinski definition) is 3. The minimum Gasteiger partial charge on any atom is -0.478 e. The van der Waals surface area contributed by atoms with E-state index in [4.69, 9.17) is 10.5 Å². The monoisotopic (exact) mass is 234 g/mol. The third-order valence-electron chi connectivity index (χ3n) is 2.79. The highest BCUT2D eigenvalue weighted by atomic mass is 16.5. The van der Waals surface area contributed by atoms with Crippen molar-refractivity contribution in [2.24, 2.45) is 5.73 Å². The van der Waals surface area contributed by atoms with E-state index in [9.17, 15) is 4.79 Å². The van der Waals surface area contributed by atoms with Crippen molar-refractivity contribution in [2.75, 3.05) is 5.32 Å². The molecule has 1 heterocycles. The van der Waals surface area contributed by atoms with Gasteiger partial charge in [0, 0.05) is 6.04 Å². The third-order valence-corrected chi connectivity index (χ3v) is 2.79. The molecule has 0 aliphatic carbocycles. The lowest BCUT2D eigenvalue weighted by Gasteiger charge is -2.25. The van der Waals surface area contributed by atoms with E-state index in [0.29, 0.717) is 6.42 Å². The molecular weight excluding hydrogens is 216 g/mol. The van der Waals surface area contributed by atoms with Crippen LogP contribution in [-0.2, 0) is 11.2 Å². The van der Waals surface area contributed by atoms with E-state index in [1.165, 1.54) is 0 Å². The molecule has 4 heteroatoms. The summed E-state index contributed by atoms with van der Waals surface area (Å²) in [4.78, 5) is 11.7. The number of amides is 1. The zero-order valence-corrected chi connectivity index (χ0v) is 10.2. The van der Waals surface area contributed by atoms with Crippen molar-refractivity contribution < 1.29 is 9.53 Å². The number of rotatable bonds is 3. The average Bonchev–Trinajstić information content (AvgIpc) is 2.27. The fourth-order valence-corrected chi connectivity index (χ4v) is 1.97. The zero-order chi connectivity index (χ0) is 12.4. The van der Waals surface area contributed by atoms with E-state index >= 15 is 0 Å². The van der Waals surface area contributed by atoms with Gasteiger partial charge in [0.25, 0.3) is 5.91 Å². The number of nitrogens with two attached hydrogens (primary N) is 1. The molecule has 2 unspecified atom stereocenters. The van der Waals surface area contributed by atoms with Gasteiger partial charge in [-0.25, -0.2) is 0 Å². The van der Waals surface area contributed by atoms with Crippen LogP contribution in [0.2, 0.25) is 0 Å². The summed E-state index contributed by atoms with van der Waals surface area (Å²) in [5, 5.41) is 2.87. The maximum atomic E-state index is 11.7. The summed E-state index contributed by atoms with van der Waals surface area (Å²) in [7, 11) is 0. The minimum atomic E-state index is -0.373. The maximum Gasteiger partial charge on any atom is 0.265 e. The van der Waals surface area contributed by atoms with Crippen LogP contribution in [0, 0.1) is 0 Å². The van der Waals surface area contributed by atoms with Crippen LogP contribution in [0.3, 0.4) is 0 Å². The fraction of sp³-hybridized carbons (Fsp3) is 0.462. The molecule has 17 heavy (non-hydrogen) atoms. The normalized spacial score (nSPS) is 20.2. The molecule has 0 aromatic heterocycles. The van der Waals surface area contributed by atoms with Crippen LogP contribution in [0.25, 0.3) is 0 Å². The zero-order valence-electron chi connectivity index (χ0n) is 10.2. The van der Waals surface area contributed by atoms with Crippen molar-refractivity contribution in [2.45, 2.75) is 38.8 Å². The standard InChI is InChI=1S/C13H18N2O2/c1-3-11-13(16)15-10-7-9(6-8(2)14)4-5-12(10)17-11/h4-5,7-8,11H,3,6,14H2,1-2H3,(H,15,16). The first-order valence-electron chi connectivity index (χ1n) is 5.96. The van der Waals surface area contributed by atoms with Crippen molar-refractivity contribution in [3.05, 3.63) is 23.8 Å². The molecule has 0 saturated heterocycles. The predicted molar refractivity (Wildman–Crippen MR) is 67.1 cm³/mol. The largest absolute Gasteiger partial charge is 0.478 e. The van der Waals surface area contributed by atoms with Crippen LogP contribution in [0.1, 0.15) is 25.8 Å². The van der Waals surface area contributed by atoms with E-state index in [1.807, 2.05) is 32.0 Å². The Balaban J connectivity index is 2.23. The fourth-order valence-electron chi connectivity index (χ4n) is 1.97. The number of ether oxygens (including phenoxy) is 1. The Labute approximate surface area is 101 Å². The number of carbonyl (C=O) groups excluding carboxylic acids is 1. The molecule has 1 aromatic rings. The number of anilines is 1. The van der Waals surface area contributed by atoms with Crippen molar-refractivity contribution in [1.82, 2.24) is 0 Å². The van der Waals surface area contributed by atoms with Crippen molar-refractivity contribution in [1.29, 1.82) is 0 Å². The number of nitrogens with one attached hydrogen (secondary N) is 1. The Morgan fingerprint density at radius 1 is 1.53 bits per heavy atom. The highest BCUT2D eigenvalue weighted by Gasteiger charge is 2.25. The number of hydrogen-bond donors (Lipinski definition) is 2. The van der Waals surface area contributed by atoms with Gasteiger partial charge in [-0.2, -0.15) is 0 Å². The van der Waals surface area contributed by atoms with Gasteiger partial charge < -0.3 is 15.8 Å². The molecule has 0 saturated carbocycles. The minimum absolute atomic E-state index is 0.0713. The second-order valence-corrected chi connectivity index (χ2v) is 4.52. The summed E-state index contributed by atoms with van der Waals surface area (Å²) in [6, 6.07) is 5.93. The Morgan fingerprint density at radius 3 is 2.94 bits per heavy atom. The summed E-state index contributed by atoms with van der Waals surface area (Å²) in [6.45, 7) is 3.89. The third kappa shape index (κ3) is 2.58. The summed E-state index contributed by atoms with van der Waals surface area (Å²) in [6.07, 6.45) is 1.09. The molecular formula is C13H18N2O2. The summed E-state index contributed by atoms with van der Waals surface area (Å²) in [5.74, 6) is 0.669. The summed E-state index contributed by atoms with van der Waals surface area (Å²) in [5.41, 5.74) is 7.61. The molecule has 0 bridgehead atoms. The topological polar surface area (TPSA) is 64.3 Å². The van der Waals surface area contributed by atoms with Crippen LogP contribution in [0.15, 0.2) is 18.2 Å². The van der Waals surface area contributed by atoms with Crippen LogP contribution >= 0.6 is 0 Å². The Hall–Kier alpha value is -1.55. The molecule has 2 rings (SSSR count). The molecule has 3 N–H and O–H groups in total. The second-order valence-electron chi connectivity index (χ2n) is 4.52. The molecule has 1 aliphatic heterocycles. The van der Waals surface area contributed by atoms with Gasteiger partial charge >= 0.3 is 0 Å².